The van der Waals surface area contributed by atoms with Gasteiger partial charge in [0.25, 0.3) is 5.91 Å². The van der Waals surface area contributed by atoms with E-state index in [1.165, 1.54) is 12.8 Å². The van der Waals surface area contributed by atoms with Crippen LogP contribution in [0.4, 0.5) is 5.82 Å². The number of fused-ring (bicyclic) bond motifs is 2. The van der Waals surface area contributed by atoms with Crippen molar-refractivity contribution in [2.45, 2.75) is 51.1 Å². The topological polar surface area (TPSA) is 51.0 Å². The van der Waals surface area contributed by atoms with Crippen LogP contribution in [-0.2, 0) is 0 Å². The molecule has 0 saturated heterocycles. The van der Waals surface area contributed by atoms with Gasteiger partial charge in [-0.3, -0.25) is 14.7 Å². The van der Waals surface area contributed by atoms with Gasteiger partial charge < -0.3 is 0 Å². The molecule has 1 saturated carbocycles. The predicted octanol–water partition coefficient (Wildman–Crippen LogP) is 4.31. The standard InChI is InChI=1S/C21H22N4O/c1-13-11-14(2)25-20(9-10-22-25)24(13)21(26)17-12-19(15-7-8-15)23-18-6-4-3-5-16(17)18/h3-6,9-10,12-15H,7-8,11H2,1-2H3. The first-order valence-corrected chi connectivity index (χ1v) is 9.40. The van der Waals surface area contributed by atoms with Gasteiger partial charge >= 0.3 is 0 Å². The Bertz CT molecular complexity index is 1000. The van der Waals surface area contributed by atoms with E-state index >= 15 is 0 Å². The van der Waals surface area contributed by atoms with E-state index in [4.69, 9.17) is 4.98 Å². The van der Waals surface area contributed by atoms with Crippen molar-refractivity contribution in [3.8, 4) is 0 Å². The monoisotopic (exact) mass is 346 g/mol. The number of nitrogens with zero attached hydrogens (tertiary/aromatic N) is 4. The number of rotatable bonds is 2. The summed E-state index contributed by atoms with van der Waals surface area (Å²) in [5, 5.41) is 5.36. The third-order valence-corrected chi connectivity index (χ3v) is 5.62. The van der Waals surface area contributed by atoms with Crippen molar-refractivity contribution < 1.29 is 4.79 Å². The Morgan fingerprint density at radius 1 is 1.12 bits per heavy atom. The largest absolute Gasteiger partial charge is 0.290 e. The highest BCUT2D eigenvalue weighted by Crippen LogP contribution is 2.41. The van der Waals surface area contributed by atoms with Crippen LogP contribution in [-0.4, -0.2) is 26.7 Å². The summed E-state index contributed by atoms with van der Waals surface area (Å²) >= 11 is 0. The number of amides is 1. The predicted molar refractivity (Wildman–Crippen MR) is 102 cm³/mol. The molecule has 132 valence electrons. The van der Waals surface area contributed by atoms with Crippen LogP contribution in [0.3, 0.4) is 0 Å². The molecule has 1 amide bonds. The molecular formula is C21H22N4O. The molecule has 2 unspecified atom stereocenters. The number of carbonyl (C=O) groups excluding carboxylic acids is 1. The first kappa shape index (κ1) is 15.6. The van der Waals surface area contributed by atoms with Crippen LogP contribution < -0.4 is 4.90 Å². The summed E-state index contributed by atoms with van der Waals surface area (Å²) in [4.78, 5) is 20.4. The minimum Gasteiger partial charge on any atom is -0.290 e. The zero-order valence-corrected chi connectivity index (χ0v) is 15.1. The average molecular weight is 346 g/mol. The summed E-state index contributed by atoms with van der Waals surface area (Å²) in [5.74, 6) is 1.44. The molecule has 5 heteroatoms. The van der Waals surface area contributed by atoms with Gasteiger partial charge in [-0.15, -0.1) is 0 Å². The molecule has 3 aromatic rings. The molecule has 3 heterocycles. The second-order valence-electron chi connectivity index (χ2n) is 7.63. The van der Waals surface area contributed by atoms with Gasteiger partial charge in [0.05, 0.1) is 23.3 Å². The normalized spacial score (nSPS) is 22.5. The molecule has 1 aromatic carbocycles. The molecule has 0 radical (unpaired) electrons. The molecule has 1 fully saturated rings. The lowest BCUT2D eigenvalue weighted by atomic mass is 10.0. The zero-order chi connectivity index (χ0) is 17.8. The molecule has 0 bridgehead atoms. The fourth-order valence-electron chi connectivity index (χ4n) is 4.16. The van der Waals surface area contributed by atoms with Gasteiger partial charge in [-0.05, 0) is 45.2 Å². The number of anilines is 1. The van der Waals surface area contributed by atoms with Crippen LogP contribution in [0, 0.1) is 0 Å². The van der Waals surface area contributed by atoms with Crippen molar-refractivity contribution in [1.82, 2.24) is 14.8 Å². The number of para-hydroxylation sites is 1. The molecule has 2 atom stereocenters. The van der Waals surface area contributed by atoms with E-state index in [-0.39, 0.29) is 11.9 Å². The quantitative estimate of drug-likeness (QED) is 0.695. The van der Waals surface area contributed by atoms with Crippen molar-refractivity contribution in [1.29, 1.82) is 0 Å². The number of pyridine rings is 1. The molecule has 2 aliphatic rings. The van der Waals surface area contributed by atoms with Gasteiger partial charge in [0.1, 0.15) is 5.82 Å². The number of benzene rings is 1. The van der Waals surface area contributed by atoms with E-state index in [0.29, 0.717) is 12.0 Å². The van der Waals surface area contributed by atoms with E-state index in [2.05, 4.69) is 18.9 Å². The summed E-state index contributed by atoms with van der Waals surface area (Å²) < 4.78 is 1.96. The Hall–Kier alpha value is -2.69. The second-order valence-corrected chi connectivity index (χ2v) is 7.63. The molecule has 5 nitrogen and oxygen atoms in total. The van der Waals surface area contributed by atoms with Crippen molar-refractivity contribution in [3.63, 3.8) is 0 Å². The first-order valence-electron chi connectivity index (χ1n) is 9.40. The second kappa shape index (κ2) is 5.66. The number of hydrogen-bond acceptors (Lipinski definition) is 3. The van der Waals surface area contributed by atoms with Gasteiger partial charge in [0, 0.05) is 29.1 Å². The summed E-state index contributed by atoms with van der Waals surface area (Å²) in [6.07, 6.45) is 5.02. The average Bonchev–Trinajstić information content (AvgIpc) is 3.38. The van der Waals surface area contributed by atoms with Crippen LogP contribution in [0.15, 0.2) is 42.6 Å². The molecule has 0 spiro atoms. The maximum atomic E-state index is 13.6. The van der Waals surface area contributed by atoms with Gasteiger partial charge in [-0.2, -0.15) is 5.10 Å². The lowest BCUT2D eigenvalue weighted by molar-refractivity contribution is 0.0968. The molecular weight excluding hydrogens is 324 g/mol. The van der Waals surface area contributed by atoms with E-state index in [0.717, 1.165) is 34.4 Å². The molecule has 1 aliphatic carbocycles. The van der Waals surface area contributed by atoms with Gasteiger partial charge in [-0.1, -0.05) is 18.2 Å². The van der Waals surface area contributed by atoms with Crippen LogP contribution in [0.5, 0.6) is 0 Å². The molecule has 0 N–H and O–H groups in total. The Kier molecular flexibility index (Phi) is 3.39. The van der Waals surface area contributed by atoms with Gasteiger partial charge in [0.15, 0.2) is 0 Å². The minimum absolute atomic E-state index is 0.0478. The van der Waals surface area contributed by atoms with E-state index in [1.807, 2.05) is 46.0 Å². The van der Waals surface area contributed by atoms with E-state index in [9.17, 15) is 4.79 Å². The maximum Gasteiger partial charge on any atom is 0.260 e. The van der Waals surface area contributed by atoms with E-state index in [1.54, 1.807) is 6.20 Å². The molecule has 1 aliphatic heterocycles. The van der Waals surface area contributed by atoms with Gasteiger partial charge in [0.2, 0.25) is 0 Å². The van der Waals surface area contributed by atoms with Crippen molar-refractivity contribution in [3.05, 3.63) is 53.9 Å². The lowest BCUT2D eigenvalue weighted by Crippen LogP contribution is -2.45. The minimum atomic E-state index is 0.0478. The number of aromatic nitrogens is 3. The van der Waals surface area contributed by atoms with Crippen LogP contribution in [0.1, 0.15) is 61.1 Å². The van der Waals surface area contributed by atoms with E-state index < -0.39 is 0 Å². The van der Waals surface area contributed by atoms with Crippen LogP contribution in [0.25, 0.3) is 10.9 Å². The Morgan fingerprint density at radius 3 is 2.73 bits per heavy atom. The third kappa shape index (κ3) is 2.34. The Labute approximate surface area is 152 Å². The fourth-order valence-corrected chi connectivity index (χ4v) is 4.16. The first-order chi connectivity index (χ1) is 12.6. The van der Waals surface area contributed by atoms with Gasteiger partial charge in [-0.25, -0.2) is 4.68 Å². The molecule has 26 heavy (non-hydrogen) atoms. The fraction of sp³-hybridized carbons (Fsp3) is 0.381. The highest BCUT2D eigenvalue weighted by molar-refractivity contribution is 6.13. The number of carbonyl (C=O) groups is 1. The van der Waals surface area contributed by atoms with Crippen molar-refractivity contribution in [2.24, 2.45) is 0 Å². The lowest BCUT2D eigenvalue weighted by Gasteiger charge is -2.37. The third-order valence-electron chi connectivity index (χ3n) is 5.62. The summed E-state index contributed by atoms with van der Waals surface area (Å²) in [7, 11) is 0. The highest BCUT2D eigenvalue weighted by atomic mass is 16.2. The SMILES string of the molecule is CC1CC(C)n2nccc2N1C(=O)c1cc(C2CC2)nc2ccccc12. The Morgan fingerprint density at radius 2 is 1.92 bits per heavy atom. The van der Waals surface area contributed by atoms with Crippen molar-refractivity contribution >= 4 is 22.6 Å². The summed E-state index contributed by atoms with van der Waals surface area (Å²) in [6, 6.07) is 12.4. The highest BCUT2D eigenvalue weighted by Gasteiger charge is 2.34. The smallest absolute Gasteiger partial charge is 0.260 e. The molecule has 5 rings (SSSR count). The number of hydrogen-bond donors (Lipinski definition) is 0. The summed E-state index contributed by atoms with van der Waals surface area (Å²) in [5.41, 5.74) is 2.72. The molecule has 2 aromatic heterocycles. The maximum absolute atomic E-state index is 13.6. The van der Waals surface area contributed by atoms with Crippen molar-refractivity contribution in [2.75, 3.05) is 4.90 Å². The zero-order valence-electron chi connectivity index (χ0n) is 15.1. The van der Waals surface area contributed by atoms with Crippen LogP contribution >= 0.6 is 0 Å². The van der Waals surface area contributed by atoms with Crippen LogP contribution in [0.2, 0.25) is 0 Å². The Balaban J connectivity index is 1.66. The summed E-state index contributed by atoms with van der Waals surface area (Å²) in [6.45, 7) is 4.28.